The molecule has 0 fully saturated rings. The molecule has 0 aromatic carbocycles. The molecule has 1 aliphatic rings. The molecule has 0 bridgehead atoms. The number of rotatable bonds is 1. The molecule has 0 saturated carbocycles. The van der Waals surface area contributed by atoms with Crippen molar-refractivity contribution in [1.29, 1.82) is 0 Å². The van der Waals surface area contributed by atoms with Gasteiger partial charge in [-0.25, -0.2) is 4.99 Å². The molecule has 0 aliphatic carbocycles. The van der Waals surface area contributed by atoms with Crippen LogP contribution >= 0.6 is 0 Å². The van der Waals surface area contributed by atoms with Crippen molar-refractivity contribution < 1.29 is 9.53 Å². The van der Waals surface area contributed by atoms with Crippen molar-refractivity contribution in [3.63, 3.8) is 0 Å². The van der Waals surface area contributed by atoms with Crippen LogP contribution in [0.4, 0.5) is 0 Å². The van der Waals surface area contributed by atoms with Crippen LogP contribution in [0.1, 0.15) is 13.3 Å². The number of carbonyl (C=O) groups excluding carboxylic acids is 1. The number of allylic oxidation sites excluding steroid dienone is 1. The SMILES string of the molecule is CCOC1=NC=CC(=O)C1. The second-order valence-electron chi connectivity index (χ2n) is 1.91. The zero-order chi connectivity index (χ0) is 7.40. The second kappa shape index (κ2) is 3.15. The third kappa shape index (κ3) is 1.69. The van der Waals surface area contributed by atoms with Crippen molar-refractivity contribution in [2.45, 2.75) is 13.3 Å². The van der Waals surface area contributed by atoms with Crippen LogP contribution in [0.25, 0.3) is 0 Å². The van der Waals surface area contributed by atoms with E-state index < -0.39 is 0 Å². The molecule has 0 aromatic rings. The van der Waals surface area contributed by atoms with Gasteiger partial charge in [0.05, 0.1) is 13.0 Å². The zero-order valence-electron chi connectivity index (χ0n) is 5.83. The van der Waals surface area contributed by atoms with Gasteiger partial charge >= 0.3 is 0 Å². The fraction of sp³-hybridized carbons (Fsp3) is 0.429. The maximum absolute atomic E-state index is 10.7. The van der Waals surface area contributed by atoms with Crippen molar-refractivity contribution in [2.24, 2.45) is 4.99 Å². The van der Waals surface area contributed by atoms with Crippen LogP contribution < -0.4 is 0 Å². The summed E-state index contributed by atoms with van der Waals surface area (Å²) in [4.78, 5) is 14.6. The molecule has 0 unspecified atom stereocenters. The van der Waals surface area contributed by atoms with Crippen molar-refractivity contribution in [3.8, 4) is 0 Å². The Morgan fingerprint density at radius 1 is 1.80 bits per heavy atom. The highest BCUT2D eigenvalue weighted by atomic mass is 16.5. The van der Waals surface area contributed by atoms with Gasteiger partial charge in [-0.1, -0.05) is 0 Å². The van der Waals surface area contributed by atoms with Gasteiger partial charge in [-0.15, -0.1) is 0 Å². The number of hydrogen-bond donors (Lipinski definition) is 0. The maximum atomic E-state index is 10.7. The molecule has 54 valence electrons. The molecule has 0 aromatic heterocycles. The minimum Gasteiger partial charge on any atom is -0.481 e. The van der Waals surface area contributed by atoms with E-state index in [4.69, 9.17) is 4.74 Å². The summed E-state index contributed by atoms with van der Waals surface area (Å²) in [6.45, 7) is 2.44. The van der Waals surface area contributed by atoms with E-state index in [1.807, 2.05) is 6.92 Å². The molecule has 0 saturated heterocycles. The van der Waals surface area contributed by atoms with Gasteiger partial charge in [0, 0.05) is 12.3 Å². The van der Waals surface area contributed by atoms with Crippen LogP contribution in [0.3, 0.4) is 0 Å². The number of carbonyl (C=O) groups is 1. The molecular weight excluding hydrogens is 130 g/mol. The Bertz CT molecular complexity index is 194. The quantitative estimate of drug-likeness (QED) is 0.541. The summed E-state index contributed by atoms with van der Waals surface area (Å²) in [5.74, 6) is 0.577. The summed E-state index contributed by atoms with van der Waals surface area (Å²) in [5, 5.41) is 0. The first kappa shape index (κ1) is 6.99. The Balaban J connectivity index is 2.53. The van der Waals surface area contributed by atoms with Gasteiger partial charge in [-0.3, -0.25) is 4.79 Å². The summed E-state index contributed by atoms with van der Waals surface area (Å²) < 4.78 is 5.03. The normalized spacial score (nSPS) is 16.9. The predicted molar refractivity (Wildman–Crippen MR) is 37.8 cm³/mol. The summed E-state index contributed by atoms with van der Waals surface area (Å²) >= 11 is 0. The van der Waals surface area contributed by atoms with E-state index in [2.05, 4.69) is 4.99 Å². The maximum Gasteiger partial charge on any atom is 0.195 e. The Morgan fingerprint density at radius 3 is 3.20 bits per heavy atom. The Hall–Kier alpha value is -1.12. The lowest BCUT2D eigenvalue weighted by atomic mass is 10.2. The molecule has 0 amide bonds. The molecule has 1 heterocycles. The molecule has 3 nitrogen and oxygen atoms in total. The number of nitrogens with zero attached hydrogens (tertiary/aromatic N) is 1. The first-order valence-electron chi connectivity index (χ1n) is 3.21. The largest absolute Gasteiger partial charge is 0.481 e. The molecule has 0 spiro atoms. The zero-order valence-corrected chi connectivity index (χ0v) is 5.83. The Morgan fingerprint density at radius 2 is 2.60 bits per heavy atom. The monoisotopic (exact) mass is 139 g/mol. The van der Waals surface area contributed by atoms with Gasteiger partial charge in [-0.05, 0) is 6.92 Å². The van der Waals surface area contributed by atoms with Gasteiger partial charge in [0.1, 0.15) is 0 Å². The highest BCUT2D eigenvalue weighted by Crippen LogP contribution is 1.99. The van der Waals surface area contributed by atoms with Gasteiger partial charge in [-0.2, -0.15) is 0 Å². The van der Waals surface area contributed by atoms with Gasteiger partial charge < -0.3 is 4.74 Å². The lowest BCUT2D eigenvalue weighted by Crippen LogP contribution is -2.12. The molecule has 1 aliphatic heterocycles. The minimum atomic E-state index is 0.0541. The summed E-state index contributed by atoms with van der Waals surface area (Å²) in [6, 6.07) is 0. The molecule has 1 rings (SSSR count). The molecule has 0 N–H and O–H groups in total. The summed E-state index contributed by atoms with van der Waals surface area (Å²) in [7, 11) is 0. The smallest absolute Gasteiger partial charge is 0.195 e. The topological polar surface area (TPSA) is 38.7 Å². The lowest BCUT2D eigenvalue weighted by molar-refractivity contribution is -0.113. The van der Waals surface area contributed by atoms with Crippen molar-refractivity contribution >= 4 is 11.7 Å². The van der Waals surface area contributed by atoms with Gasteiger partial charge in [0.15, 0.2) is 11.7 Å². The third-order valence-electron chi connectivity index (χ3n) is 1.12. The lowest BCUT2D eigenvalue weighted by Gasteiger charge is -2.05. The van der Waals surface area contributed by atoms with Crippen LogP contribution in [-0.2, 0) is 9.53 Å². The minimum absolute atomic E-state index is 0.0541. The van der Waals surface area contributed by atoms with E-state index in [-0.39, 0.29) is 5.78 Å². The fourth-order valence-corrected chi connectivity index (χ4v) is 0.712. The summed E-state index contributed by atoms with van der Waals surface area (Å²) in [6.07, 6.45) is 3.23. The van der Waals surface area contributed by atoms with E-state index in [9.17, 15) is 4.79 Å². The molecule has 3 heteroatoms. The number of ether oxygens (including phenoxy) is 1. The van der Waals surface area contributed by atoms with Crippen LogP contribution in [0.5, 0.6) is 0 Å². The first-order chi connectivity index (χ1) is 4.83. The first-order valence-corrected chi connectivity index (χ1v) is 3.21. The molecular formula is C7H9NO2. The van der Waals surface area contributed by atoms with Crippen molar-refractivity contribution in [3.05, 3.63) is 12.3 Å². The van der Waals surface area contributed by atoms with Crippen molar-refractivity contribution in [1.82, 2.24) is 0 Å². The Kier molecular flexibility index (Phi) is 2.20. The van der Waals surface area contributed by atoms with Crippen LogP contribution in [0.15, 0.2) is 17.3 Å². The highest BCUT2D eigenvalue weighted by Gasteiger charge is 2.07. The van der Waals surface area contributed by atoms with E-state index >= 15 is 0 Å². The number of ketones is 1. The van der Waals surface area contributed by atoms with Gasteiger partial charge in [0.25, 0.3) is 0 Å². The van der Waals surface area contributed by atoms with Crippen LogP contribution in [-0.4, -0.2) is 18.3 Å². The van der Waals surface area contributed by atoms with Crippen molar-refractivity contribution in [2.75, 3.05) is 6.61 Å². The molecule has 0 atom stereocenters. The van der Waals surface area contributed by atoms with E-state index in [1.165, 1.54) is 12.3 Å². The summed E-state index contributed by atoms with van der Waals surface area (Å²) in [5.41, 5.74) is 0. The van der Waals surface area contributed by atoms with E-state index in [0.717, 1.165) is 0 Å². The average molecular weight is 139 g/mol. The molecule has 0 radical (unpaired) electrons. The van der Waals surface area contributed by atoms with Gasteiger partial charge in [0.2, 0.25) is 0 Å². The molecule has 10 heavy (non-hydrogen) atoms. The third-order valence-corrected chi connectivity index (χ3v) is 1.12. The number of hydrogen-bond acceptors (Lipinski definition) is 3. The van der Waals surface area contributed by atoms with E-state index in [0.29, 0.717) is 18.9 Å². The predicted octanol–water partition coefficient (Wildman–Crippen LogP) is 0.908. The number of aliphatic imine (C=N–C) groups is 1. The Labute approximate surface area is 59.4 Å². The second-order valence-corrected chi connectivity index (χ2v) is 1.91. The van der Waals surface area contributed by atoms with Crippen LogP contribution in [0, 0.1) is 0 Å². The highest BCUT2D eigenvalue weighted by molar-refractivity contribution is 6.05. The average Bonchev–Trinajstić information content (AvgIpc) is 1.88. The fourth-order valence-electron chi connectivity index (χ4n) is 0.712. The van der Waals surface area contributed by atoms with E-state index in [1.54, 1.807) is 0 Å². The van der Waals surface area contributed by atoms with Crippen LogP contribution in [0.2, 0.25) is 0 Å². The standard InChI is InChI=1S/C7H9NO2/c1-2-10-7-5-6(9)3-4-8-7/h3-4H,2,5H2,1H3.